The molecule has 18 heavy (non-hydrogen) atoms. The maximum Gasteiger partial charge on any atom is 0.327 e. The average molecular weight is 365 g/mol. The molecule has 0 unspecified atom stereocenters. The number of ether oxygens (including phenoxy) is 1. The highest BCUT2D eigenvalue weighted by Crippen LogP contribution is 2.26. The first-order chi connectivity index (χ1) is 8.24. The predicted molar refractivity (Wildman–Crippen MR) is 79.1 cm³/mol. The molecular formula is C12H20IN3O2. The van der Waals surface area contributed by atoms with E-state index in [4.69, 9.17) is 10.5 Å². The molecule has 0 saturated carbocycles. The van der Waals surface area contributed by atoms with Crippen molar-refractivity contribution in [2.24, 2.45) is 5.41 Å². The van der Waals surface area contributed by atoms with Gasteiger partial charge in [0.2, 0.25) is 0 Å². The van der Waals surface area contributed by atoms with Crippen LogP contribution in [0, 0.1) is 8.99 Å². The number of anilines is 1. The Morgan fingerprint density at radius 3 is 2.61 bits per heavy atom. The SMILES string of the molecule is CCOC(=O)Cn1nc(CC(C)(C)C)c(I)c1N. The van der Waals surface area contributed by atoms with E-state index in [1.165, 1.54) is 4.68 Å². The van der Waals surface area contributed by atoms with E-state index in [9.17, 15) is 4.79 Å². The third kappa shape index (κ3) is 4.15. The van der Waals surface area contributed by atoms with Gasteiger partial charge in [0.1, 0.15) is 12.4 Å². The highest BCUT2D eigenvalue weighted by Gasteiger charge is 2.20. The van der Waals surface area contributed by atoms with Crippen molar-refractivity contribution in [1.82, 2.24) is 9.78 Å². The molecule has 0 saturated heterocycles. The largest absolute Gasteiger partial charge is 0.465 e. The zero-order valence-corrected chi connectivity index (χ0v) is 13.4. The lowest BCUT2D eigenvalue weighted by Gasteiger charge is -2.16. The van der Waals surface area contributed by atoms with Crippen LogP contribution in [0.2, 0.25) is 0 Å². The molecule has 0 fully saturated rings. The van der Waals surface area contributed by atoms with Crippen LogP contribution in [0.15, 0.2) is 0 Å². The van der Waals surface area contributed by atoms with Crippen molar-refractivity contribution in [3.05, 3.63) is 9.26 Å². The summed E-state index contributed by atoms with van der Waals surface area (Å²) in [6.45, 7) is 8.64. The molecular weight excluding hydrogens is 345 g/mol. The van der Waals surface area contributed by atoms with Gasteiger partial charge in [0.05, 0.1) is 15.9 Å². The molecule has 0 radical (unpaired) electrons. The second-order valence-electron chi connectivity index (χ2n) is 5.35. The smallest absolute Gasteiger partial charge is 0.327 e. The fraction of sp³-hybridized carbons (Fsp3) is 0.667. The number of nitrogen functional groups attached to an aromatic ring is 1. The zero-order valence-electron chi connectivity index (χ0n) is 11.3. The summed E-state index contributed by atoms with van der Waals surface area (Å²) >= 11 is 2.17. The Bertz CT molecular complexity index is 435. The highest BCUT2D eigenvalue weighted by molar-refractivity contribution is 14.1. The lowest BCUT2D eigenvalue weighted by atomic mass is 9.91. The molecule has 0 atom stereocenters. The monoisotopic (exact) mass is 365 g/mol. The first kappa shape index (κ1) is 15.3. The third-order valence-corrected chi connectivity index (χ3v) is 3.45. The number of carbonyl (C=O) groups excluding carboxylic acids is 1. The quantitative estimate of drug-likeness (QED) is 0.656. The summed E-state index contributed by atoms with van der Waals surface area (Å²) in [5.41, 5.74) is 7.02. The summed E-state index contributed by atoms with van der Waals surface area (Å²) < 4.78 is 7.33. The van der Waals surface area contributed by atoms with Gasteiger partial charge in [-0.2, -0.15) is 5.10 Å². The van der Waals surface area contributed by atoms with E-state index < -0.39 is 0 Å². The van der Waals surface area contributed by atoms with Gasteiger partial charge in [0, 0.05) is 0 Å². The molecule has 2 N–H and O–H groups in total. The summed E-state index contributed by atoms with van der Waals surface area (Å²) in [6.07, 6.45) is 0.825. The number of aromatic nitrogens is 2. The van der Waals surface area contributed by atoms with Crippen LogP contribution in [0.5, 0.6) is 0 Å². The van der Waals surface area contributed by atoms with E-state index in [0.717, 1.165) is 15.7 Å². The van der Waals surface area contributed by atoms with E-state index in [-0.39, 0.29) is 17.9 Å². The summed E-state index contributed by atoms with van der Waals surface area (Å²) in [6, 6.07) is 0. The minimum Gasteiger partial charge on any atom is -0.465 e. The van der Waals surface area contributed by atoms with Crippen molar-refractivity contribution in [1.29, 1.82) is 0 Å². The maximum atomic E-state index is 11.4. The number of rotatable bonds is 4. The molecule has 0 amide bonds. The maximum absolute atomic E-state index is 11.4. The predicted octanol–water partition coefficient (Wildman–Crippen LogP) is 2.22. The van der Waals surface area contributed by atoms with Gasteiger partial charge < -0.3 is 10.5 Å². The number of nitrogens with two attached hydrogens (primary N) is 1. The van der Waals surface area contributed by atoms with Gasteiger partial charge in [-0.3, -0.25) is 4.79 Å². The number of esters is 1. The van der Waals surface area contributed by atoms with E-state index in [1.807, 2.05) is 0 Å². The highest BCUT2D eigenvalue weighted by atomic mass is 127. The van der Waals surface area contributed by atoms with Gasteiger partial charge in [-0.05, 0) is 41.4 Å². The van der Waals surface area contributed by atoms with Crippen LogP contribution in [0.25, 0.3) is 0 Å². The van der Waals surface area contributed by atoms with Crippen molar-refractivity contribution in [3.63, 3.8) is 0 Å². The number of halogens is 1. The molecule has 1 aromatic rings. The van der Waals surface area contributed by atoms with Crippen molar-refractivity contribution < 1.29 is 9.53 Å². The van der Waals surface area contributed by atoms with Crippen LogP contribution in [0.4, 0.5) is 5.82 Å². The third-order valence-electron chi connectivity index (χ3n) is 2.28. The van der Waals surface area contributed by atoms with E-state index in [1.54, 1.807) is 6.92 Å². The van der Waals surface area contributed by atoms with E-state index in [2.05, 4.69) is 48.5 Å². The molecule has 1 rings (SSSR count). The van der Waals surface area contributed by atoms with Crippen molar-refractivity contribution in [2.75, 3.05) is 12.3 Å². The molecule has 0 aliphatic heterocycles. The summed E-state index contributed by atoms with van der Waals surface area (Å²) in [4.78, 5) is 11.4. The van der Waals surface area contributed by atoms with Gasteiger partial charge in [-0.25, -0.2) is 4.68 Å². The van der Waals surface area contributed by atoms with Crippen molar-refractivity contribution >= 4 is 34.4 Å². The Hall–Kier alpha value is -0.790. The number of hydrogen-bond donors (Lipinski definition) is 1. The van der Waals surface area contributed by atoms with E-state index in [0.29, 0.717) is 12.4 Å². The van der Waals surface area contributed by atoms with Crippen LogP contribution in [0.1, 0.15) is 33.4 Å². The molecule has 6 heteroatoms. The molecule has 5 nitrogen and oxygen atoms in total. The van der Waals surface area contributed by atoms with Crippen LogP contribution in [-0.4, -0.2) is 22.4 Å². The van der Waals surface area contributed by atoms with Crippen LogP contribution >= 0.6 is 22.6 Å². The standard InChI is InChI=1S/C12H20IN3O2/c1-5-18-9(17)7-16-11(14)10(13)8(15-16)6-12(2,3)4/h5-7,14H2,1-4H3. The molecule has 0 aliphatic carbocycles. The Morgan fingerprint density at radius 2 is 2.11 bits per heavy atom. The Kier molecular flexibility index (Phi) is 5.01. The van der Waals surface area contributed by atoms with Crippen molar-refractivity contribution in [3.8, 4) is 0 Å². The average Bonchev–Trinajstić information content (AvgIpc) is 2.45. The van der Waals surface area contributed by atoms with Gasteiger partial charge >= 0.3 is 5.97 Å². The number of hydrogen-bond acceptors (Lipinski definition) is 4. The van der Waals surface area contributed by atoms with Crippen molar-refractivity contribution in [2.45, 2.75) is 40.7 Å². The molecule has 0 bridgehead atoms. The lowest BCUT2D eigenvalue weighted by Crippen LogP contribution is -2.16. The first-order valence-electron chi connectivity index (χ1n) is 5.91. The van der Waals surface area contributed by atoms with Gasteiger partial charge in [0.25, 0.3) is 0 Å². The molecule has 0 aliphatic rings. The molecule has 102 valence electrons. The number of carbonyl (C=O) groups is 1. The Balaban J connectivity index is 2.89. The Labute approximate surface area is 121 Å². The fourth-order valence-electron chi connectivity index (χ4n) is 1.57. The second-order valence-corrected chi connectivity index (χ2v) is 6.42. The number of nitrogens with zero attached hydrogens (tertiary/aromatic N) is 2. The van der Waals surface area contributed by atoms with Crippen LogP contribution < -0.4 is 5.73 Å². The van der Waals surface area contributed by atoms with Gasteiger partial charge in [0.15, 0.2) is 0 Å². The zero-order chi connectivity index (χ0) is 13.9. The van der Waals surface area contributed by atoms with Crippen LogP contribution in [0.3, 0.4) is 0 Å². The normalized spacial score (nSPS) is 11.6. The summed E-state index contributed by atoms with van der Waals surface area (Å²) in [7, 11) is 0. The Morgan fingerprint density at radius 1 is 1.50 bits per heavy atom. The topological polar surface area (TPSA) is 70.1 Å². The molecule has 0 spiro atoms. The molecule has 0 aromatic carbocycles. The minimum absolute atomic E-state index is 0.0693. The second kappa shape index (κ2) is 5.90. The van der Waals surface area contributed by atoms with E-state index >= 15 is 0 Å². The summed E-state index contributed by atoms with van der Waals surface area (Å²) in [5.74, 6) is 0.216. The fourth-order valence-corrected chi connectivity index (χ4v) is 2.15. The van der Waals surface area contributed by atoms with Gasteiger partial charge in [-0.1, -0.05) is 20.8 Å². The van der Waals surface area contributed by atoms with Gasteiger partial charge in [-0.15, -0.1) is 0 Å². The summed E-state index contributed by atoms with van der Waals surface area (Å²) in [5, 5.41) is 4.40. The lowest BCUT2D eigenvalue weighted by molar-refractivity contribution is -0.144. The minimum atomic E-state index is -0.314. The van der Waals surface area contributed by atoms with Crippen LogP contribution in [-0.2, 0) is 22.5 Å². The molecule has 1 heterocycles. The molecule has 1 aromatic heterocycles. The first-order valence-corrected chi connectivity index (χ1v) is 6.98.